The molecule has 122 valence electrons. The molecule has 0 spiro atoms. The van der Waals surface area contributed by atoms with Crippen molar-refractivity contribution < 1.29 is 19.3 Å². The van der Waals surface area contributed by atoms with Gasteiger partial charge in [0.1, 0.15) is 12.3 Å². The van der Waals surface area contributed by atoms with Crippen LogP contribution in [0.5, 0.6) is 0 Å². The van der Waals surface area contributed by atoms with E-state index in [0.717, 1.165) is 0 Å². The van der Waals surface area contributed by atoms with Gasteiger partial charge in [0, 0.05) is 12.3 Å². The molecule has 2 N–H and O–H groups in total. The summed E-state index contributed by atoms with van der Waals surface area (Å²) >= 11 is 0. The first-order chi connectivity index (χ1) is 10.3. The number of aromatic nitrogens is 2. The normalized spacial score (nSPS) is 37.0. The van der Waals surface area contributed by atoms with Crippen LogP contribution in [-0.4, -0.2) is 45.4 Å². The molecule has 0 bridgehead atoms. The molecule has 8 heteroatoms. The Hall–Kier alpha value is -1.48. The summed E-state index contributed by atoms with van der Waals surface area (Å²) in [6.45, 7) is 5.26. The Kier molecular flexibility index (Phi) is 3.72. The summed E-state index contributed by atoms with van der Waals surface area (Å²) in [6.07, 6.45) is -0.478. The molecule has 0 aromatic carbocycles. The van der Waals surface area contributed by atoms with E-state index < -0.39 is 35.5 Å². The molecule has 2 aliphatic heterocycles. The Bertz CT molecular complexity index is 666. The van der Waals surface area contributed by atoms with Crippen LogP contribution < -0.4 is 11.2 Å². The van der Waals surface area contributed by atoms with Crippen molar-refractivity contribution in [3.8, 4) is 0 Å². The monoisotopic (exact) mass is 312 g/mol. The van der Waals surface area contributed by atoms with Crippen LogP contribution in [0.25, 0.3) is 0 Å². The van der Waals surface area contributed by atoms with Crippen molar-refractivity contribution in [3.05, 3.63) is 33.1 Å². The summed E-state index contributed by atoms with van der Waals surface area (Å²) in [7, 11) is 0. The summed E-state index contributed by atoms with van der Waals surface area (Å²) in [5.74, 6) is -1.06. The number of aromatic amines is 1. The lowest BCUT2D eigenvalue weighted by atomic mass is 9.92. The summed E-state index contributed by atoms with van der Waals surface area (Å²) in [4.78, 5) is 25.4. The fourth-order valence-corrected chi connectivity index (χ4v) is 3.32. The fraction of sp³-hybridized carbons (Fsp3) is 0.714. The van der Waals surface area contributed by atoms with Crippen molar-refractivity contribution in [2.75, 3.05) is 6.61 Å². The molecule has 0 radical (unpaired) electrons. The van der Waals surface area contributed by atoms with Gasteiger partial charge in [-0.05, 0) is 20.8 Å². The van der Waals surface area contributed by atoms with Gasteiger partial charge in [-0.2, -0.15) is 0 Å². The predicted octanol–water partition coefficient (Wildman–Crippen LogP) is -0.417. The first-order valence-corrected chi connectivity index (χ1v) is 7.26. The number of rotatable bonds is 2. The van der Waals surface area contributed by atoms with Crippen LogP contribution in [0.2, 0.25) is 0 Å². The van der Waals surface area contributed by atoms with E-state index in [-0.39, 0.29) is 18.6 Å². The Labute approximate surface area is 126 Å². The molecular weight excluding hydrogens is 292 g/mol. The highest BCUT2D eigenvalue weighted by molar-refractivity contribution is 4.98. The third-order valence-electron chi connectivity index (χ3n) is 4.13. The molecule has 0 aliphatic carbocycles. The summed E-state index contributed by atoms with van der Waals surface area (Å²) < 4.78 is 18.8. The smallest absolute Gasteiger partial charge is 0.330 e. The maximum absolute atomic E-state index is 12.0. The minimum absolute atomic E-state index is 0.224. The maximum Gasteiger partial charge on any atom is 0.330 e. The van der Waals surface area contributed by atoms with Crippen molar-refractivity contribution >= 4 is 0 Å². The van der Waals surface area contributed by atoms with Gasteiger partial charge in [0.25, 0.3) is 5.56 Å². The van der Waals surface area contributed by atoms with Crippen molar-refractivity contribution in [2.45, 2.75) is 51.1 Å². The van der Waals surface area contributed by atoms with Crippen LogP contribution in [0.4, 0.5) is 0 Å². The molecule has 5 atom stereocenters. The van der Waals surface area contributed by atoms with E-state index in [2.05, 4.69) is 4.98 Å². The molecule has 1 aromatic heterocycles. The lowest BCUT2D eigenvalue weighted by Crippen LogP contribution is -2.52. The van der Waals surface area contributed by atoms with Crippen molar-refractivity contribution in [1.29, 1.82) is 0 Å². The number of ether oxygens (including phenoxy) is 3. The van der Waals surface area contributed by atoms with Crippen LogP contribution in [0, 0.1) is 5.92 Å². The Morgan fingerprint density at radius 2 is 2.09 bits per heavy atom. The average Bonchev–Trinajstić information content (AvgIpc) is 2.75. The zero-order chi connectivity index (χ0) is 16.1. The number of hydrogen-bond acceptors (Lipinski definition) is 6. The van der Waals surface area contributed by atoms with Crippen molar-refractivity contribution in [1.82, 2.24) is 9.55 Å². The quantitative estimate of drug-likeness (QED) is 0.769. The van der Waals surface area contributed by atoms with Crippen LogP contribution in [-0.2, 0) is 14.2 Å². The third kappa shape index (κ3) is 2.52. The maximum atomic E-state index is 12.0. The molecule has 1 aromatic rings. The number of nitrogens with zero attached hydrogens (tertiary/aromatic N) is 1. The number of aliphatic hydroxyl groups is 1. The second kappa shape index (κ2) is 5.31. The fourth-order valence-electron chi connectivity index (χ4n) is 3.32. The van der Waals surface area contributed by atoms with E-state index in [0.29, 0.717) is 0 Å². The van der Waals surface area contributed by atoms with Gasteiger partial charge >= 0.3 is 5.69 Å². The topological polar surface area (TPSA) is 103 Å². The highest BCUT2D eigenvalue weighted by atomic mass is 16.7. The average molecular weight is 312 g/mol. The second-order valence-electron chi connectivity index (χ2n) is 6.15. The van der Waals surface area contributed by atoms with Gasteiger partial charge < -0.3 is 19.3 Å². The molecule has 8 nitrogen and oxygen atoms in total. The van der Waals surface area contributed by atoms with Crippen LogP contribution in [0.1, 0.15) is 27.0 Å². The van der Waals surface area contributed by atoms with Crippen molar-refractivity contribution in [2.24, 2.45) is 5.92 Å². The Morgan fingerprint density at radius 3 is 2.73 bits per heavy atom. The highest BCUT2D eigenvalue weighted by Crippen LogP contribution is 2.44. The van der Waals surface area contributed by atoms with E-state index in [1.807, 2.05) is 6.92 Å². The van der Waals surface area contributed by atoms with Crippen molar-refractivity contribution in [3.63, 3.8) is 0 Å². The van der Waals surface area contributed by atoms with E-state index in [1.54, 1.807) is 13.8 Å². The van der Waals surface area contributed by atoms with Crippen LogP contribution in [0.15, 0.2) is 21.9 Å². The molecule has 0 unspecified atom stereocenters. The molecule has 3 rings (SSSR count). The molecule has 3 heterocycles. The van der Waals surface area contributed by atoms with Gasteiger partial charge in [-0.1, -0.05) is 0 Å². The minimum atomic E-state index is -0.789. The first kappa shape index (κ1) is 15.4. The van der Waals surface area contributed by atoms with E-state index in [1.165, 1.54) is 16.8 Å². The van der Waals surface area contributed by atoms with Gasteiger partial charge in [-0.15, -0.1) is 0 Å². The largest absolute Gasteiger partial charge is 0.394 e. The summed E-state index contributed by atoms with van der Waals surface area (Å²) in [5, 5.41) is 9.55. The zero-order valence-electron chi connectivity index (χ0n) is 12.7. The molecule has 0 saturated carbocycles. The molecule has 22 heavy (non-hydrogen) atoms. The molecule has 2 saturated heterocycles. The van der Waals surface area contributed by atoms with Crippen LogP contribution in [0.3, 0.4) is 0 Å². The molecule has 2 aliphatic rings. The van der Waals surface area contributed by atoms with Gasteiger partial charge in [0.15, 0.2) is 5.79 Å². The van der Waals surface area contributed by atoms with Gasteiger partial charge in [0.2, 0.25) is 0 Å². The third-order valence-corrected chi connectivity index (χ3v) is 4.13. The van der Waals surface area contributed by atoms with Gasteiger partial charge in [-0.25, -0.2) is 4.79 Å². The zero-order valence-corrected chi connectivity index (χ0v) is 12.7. The number of H-pyrrole nitrogens is 1. The van der Waals surface area contributed by atoms with E-state index in [4.69, 9.17) is 14.2 Å². The SMILES string of the molecule is C[C@@H]1OC(C)(C)O[C@H]2[C@@H]1[C@H](n1ccc(=O)[nH]c1=O)O[C@@H]2CO. The Balaban J connectivity index is 2.00. The summed E-state index contributed by atoms with van der Waals surface area (Å²) in [5.41, 5.74) is -1.04. The van der Waals surface area contributed by atoms with Gasteiger partial charge in [0.05, 0.1) is 24.7 Å². The Morgan fingerprint density at radius 1 is 1.36 bits per heavy atom. The van der Waals surface area contributed by atoms with Gasteiger partial charge in [-0.3, -0.25) is 14.3 Å². The standard InChI is InChI=1S/C14H20N2O6/c1-7-10-11(22-14(2,3)21-7)8(6-17)20-12(10)16-5-4-9(18)15-13(16)19/h4-5,7-8,10-12,17H,6H2,1-3H3,(H,15,18,19)/t7-,8+,10+,11+,12+/m0/s1. The molecular formula is C14H20N2O6. The van der Waals surface area contributed by atoms with Crippen LogP contribution >= 0.6 is 0 Å². The van der Waals surface area contributed by atoms with E-state index in [9.17, 15) is 14.7 Å². The highest BCUT2D eigenvalue weighted by Gasteiger charge is 2.54. The van der Waals surface area contributed by atoms with E-state index >= 15 is 0 Å². The number of fused-ring (bicyclic) bond motifs is 1. The number of hydrogen-bond donors (Lipinski definition) is 2. The lowest BCUT2D eigenvalue weighted by Gasteiger charge is -2.43. The number of nitrogens with one attached hydrogen (secondary N) is 1. The molecule has 0 amide bonds. The molecule has 2 fully saturated rings. The number of aliphatic hydroxyl groups excluding tert-OH is 1. The predicted molar refractivity (Wildman–Crippen MR) is 75.3 cm³/mol. The lowest BCUT2D eigenvalue weighted by molar-refractivity contribution is -0.317. The minimum Gasteiger partial charge on any atom is -0.394 e. The summed E-state index contributed by atoms with van der Waals surface area (Å²) in [6, 6.07) is 1.26. The first-order valence-electron chi connectivity index (χ1n) is 7.26. The second-order valence-corrected chi connectivity index (χ2v) is 6.15.